The van der Waals surface area contributed by atoms with Crippen LogP contribution in [0, 0.1) is 0 Å². The second-order valence-corrected chi connectivity index (χ2v) is 7.90. The molecule has 10 nitrogen and oxygen atoms in total. The van der Waals surface area contributed by atoms with E-state index in [4.69, 9.17) is 24.8 Å². The molecule has 3 rings (SSSR count). The number of hydrogen-bond acceptors (Lipinski definition) is 9. The highest BCUT2D eigenvalue weighted by molar-refractivity contribution is 8.00. The Labute approximate surface area is 190 Å². The first kappa shape index (κ1) is 23.1. The van der Waals surface area contributed by atoms with E-state index < -0.39 is 5.25 Å². The van der Waals surface area contributed by atoms with Gasteiger partial charge in [0.05, 0.1) is 33.7 Å². The molecule has 3 N–H and O–H groups in total. The van der Waals surface area contributed by atoms with Gasteiger partial charge >= 0.3 is 0 Å². The summed E-state index contributed by atoms with van der Waals surface area (Å²) in [7, 11) is 6.20. The van der Waals surface area contributed by atoms with Gasteiger partial charge in [-0.25, -0.2) is 4.68 Å². The summed E-state index contributed by atoms with van der Waals surface area (Å²) in [6.45, 7) is 1.75. The molecule has 3 aromatic rings. The highest BCUT2D eigenvalue weighted by Gasteiger charge is 2.21. The number of amides is 1. The number of anilines is 1. The molecule has 1 aromatic heterocycles. The molecule has 0 saturated carbocycles. The minimum absolute atomic E-state index is 0.235. The Morgan fingerprint density at radius 2 is 1.62 bits per heavy atom. The molecular formula is C21H25N5O5S. The maximum absolute atomic E-state index is 12.7. The van der Waals surface area contributed by atoms with Crippen molar-refractivity contribution in [3.05, 3.63) is 36.4 Å². The van der Waals surface area contributed by atoms with E-state index >= 15 is 0 Å². The smallest absolute Gasteiger partial charge is 0.237 e. The minimum Gasteiger partial charge on any atom is -0.497 e. The lowest BCUT2D eigenvalue weighted by atomic mass is 10.2. The first-order valence-electron chi connectivity index (χ1n) is 9.53. The first-order chi connectivity index (χ1) is 15.4. The number of nitrogen functional groups attached to an aromatic ring is 1. The molecule has 32 heavy (non-hydrogen) atoms. The van der Waals surface area contributed by atoms with E-state index in [1.165, 1.54) is 16.4 Å². The van der Waals surface area contributed by atoms with Crippen LogP contribution in [-0.2, 0) is 4.79 Å². The lowest BCUT2D eigenvalue weighted by molar-refractivity contribution is -0.115. The molecule has 0 saturated heterocycles. The van der Waals surface area contributed by atoms with Crippen LogP contribution in [0.5, 0.6) is 23.0 Å². The number of nitrogens with two attached hydrogens (primary N) is 1. The van der Waals surface area contributed by atoms with E-state index in [0.717, 1.165) is 0 Å². The summed E-state index contributed by atoms with van der Waals surface area (Å²) in [4.78, 5) is 12.7. The van der Waals surface area contributed by atoms with Crippen LogP contribution in [0.1, 0.15) is 6.92 Å². The first-order valence-corrected chi connectivity index (χ1v) is 10.4. The molecule has 0 radical (unpaired) electrons. The molecule has 170 valence electrons. The van der Waals surface area contributed by atoms with Crippen molar-refractivity contribution in [3.8, 4) is 34.4 Å². The molecule has 2 aromatic carbocycles. The standard InChI is InChI=1S/C21H25N5O5S/c1-12(20(27)23-14-9-15(28-2)11-16(10-14)29-3)32-21-25-24-19(26(21)22)13-6-7-17(30-4)18(8-13)31-5/h6-12H,22H2,1-5H3,(H,23,27). The summed E-state index contributed by atoms with van der Waals surface area (Å²) >= 11 is 1.18. The molecule has 1 amide bonds. The molecular weight excluding hydrogens is 434 g/mol. The van der Waals surface area contributed by atoms with E-state index in [2.05, 4.69) is 15.5 Å². The summed E-state index contributed by atoms with van der Waals surface area (Å²) in [6, 6.07) is 10.5. The van der Waals surface area contributed by atoms with E-state index in [1.54, 1.807) is 71.8 Å². The lowest BCUT2D eigenvalue weighted by Crippen LogP contribution is -2.23. The Kier molecular flexibility index (Phi) is 7.31. The Morgan fingerprint density at radius 1 is 0.969 bits per heavy atom. The number of rotatable bonds is 9. The van der Waals surface area contributed by atoms with Gasteiger partial charge in [0.25, 0.3) is 0 Å². The summed E-state index contributed by atoms with van der Waals surface area (Å²) < 4.78 is 22.4. The summed E-state index contributed by atoms with van der Waals surface area (Å²) in [5.74, 6) is 8.68. The number of aromatic nitrogens is 3. The van der Waals surface area contributed by atoms with Crippen LogP contribution in [0.15, 0.2) is 41.6 Å². The Morgan fingerprint density at radius 3 is 2.22 bits per heavy atom. The predicted octanol–water partition coefficient (Wildman–Crippen LogP) is 2.81. The van der Waals surface area contributed by atoms with Gasteiger partial charge in [-0.05, 0) is 25.1 Å². The van der Waals surface area contributed by atoms with E-state index in [1.807, 2.05) is 0 Å². The number of nitrogens with one attached hydrogen (secondary N) is 1. The van der Waals surface area contributed by atoms with Crippen LogP contribution in [-0.4, -0.2) is 54.5 Å². The molecule has 0 aliphatic rings. The quantitative estimate of drug-likeness (QED) is 0.367. The van der Waals surface area contributed by atoms with Gasteiger partial charge in [0, 0.05) is 29.4 Å². The van der Waals surface area contributed by atoms with E-state index in [-0.39, 0.29) is 5.91 Å². The van der Waals surface area contributed by atoms with Gasteiger partial charge in [-0.2, -0.15) is 0 Å². The topological polar surface area (TPSA) is 123 Å². The number of carbonyl (C=O) groups excluding carboxylic acids is 1. The van der Waals surface area contributed by atoms with Gasteiger partial charge in [0.1, 0.15) is 11.5 Å². The number of thioether (sulfide) groups is 1. The van der Waals surface area contributed by atoms with Gasteiger partial charge in [-0.1, -0.05) is 11.8 Å². The second kappa shape index (κ2) is 10.1. The number of hydrogen-bond donors (Lipinski definition) is 2. The minimum atomic E-state index is -0.503. The molecule has 1 atom stereocenters. The zero-order valence-corrected chi connectivity index (χ0v) is 19.2. The molecule has 11 heteroatoms. The predicted molar refractivity (Wildman–Crippen MR) is 122 cm³/mol. The van der Waals surface area contributed by atoms with Crippen molar-refractivity contribution in [2.24, 2.45) is 0 Å². The van der Waals surface area contributed by atoms with Gasteiger partial charge in [0.15, 0.2) is 17.3 Å². The van der Waals surface area contributed by atoms with Crippen molar-refractivity contribution in [2.75, 3.05) is 39.6 Å². The van der Waals surface area contributed by atoms with E-state index in [9.17, 15) is 4.79 Å². The maximum atomic E-state index is 12.7. The van der Waals surface area contributed by atoms with Gasteiger partial charge in [-0.3, -0.25) is 4.79 Å². The van der Waals surface area contributed by atoms with Gasteiger partial charge < -0.3 is 30.1 Å². The number of benzene rings is 2. The molecule has 0 fully saturated rings. The summed E-state index contributed by atoms with van der Waals surface area (Å²) in [6.07, 6.45) is 0. The number of methoxy groups -OCH3 is 4. The molecule has 0 bridgehead atoms. The third kappa shape index (κ3) is 4.99. The fourth-order valence-corrected chi connectivity index (χ4v) is 3.63. The highest BCUT2D eigenvalue weighted by atomic mass is 32.2. The zero-order valence-electron chi connectivity index (χ0n) is 18.4. The van der Waals surface area contributed by atoms with Crippen LogP contribution < -0.4 is 30.1 Å². The monoisotopic (exact) mass is 459 g/mol. The van der Waals surface area contributed by atoms with Crippen molar-refractivity contribution in [1.82, 2.24) is 14.9 Å². The van der Waals surface area contributed by atoms with Crippen LogP contribution in [0.3, 0.4) is 0 Å². The van der Waals surface area contributed by atoms with Crippen molar-refractivity contribution in [2.45, 2.75) is 17.3 Å². The van der Waals surface area contributed by atoms with Gasteiger partial charge in [0.2, 0.25) is 11.1 Å². The Hall–Kier alpha value is -3.60. The third-order valence-electron chi connectivity index (χ3n) is 4.58. The van der Waals surface area contributed by atoms with Crippen LogP contribution in [0.4, 0.5) is 5.69 Å². The van der Waals surface area contributed by atoms with Crippen LogP contribution in [0.2, 0.25) is 0 Å². The zero-order chi connectivity index (χ0) is 23.3. The maximum Gasteiger partial charge on any atom is 0.237 e. The fourth-order valence-electron chi connectivity index (χ4n) is 2.86. The van der Waals surface area contributed by atoms with Crippen molar-refractivity contribution >= 4 is 23.4 Å². The fraction of sp³-hybridized carbons (Fsp3) is 0.286. The number of nitrogens with zero attached hydrogens (tertiary/aromatic N) is 3. The van der Waals surface area contributed by atoms with E-state index in [0.29, 0.717) is 45.2 Å². The molecule has 0 spiro atoms. The average molecular weight is 460 g/mol. The molecule has 0 aliphatic heterocycles. The average Bonchev–Trinajstić information content (AvgIpc) is 3.17. The molecule has 1 unspecified atom stereocenters. The van der Waals surface area contributed by atoms with Crippen LogP contribution >= 0.6 is 11.8 Å². The second-order valence-electron chi connectivity index (χ2n) is 6.60. The Balaban J connectivity index is 1.74. The largest absolute Gasteiger partial charge is 0.497 e. The van der Waals surface area contributed by atoms with Crippen molar-refractivity contribution in [3.63, 3.8) is 0 Å². The van der Waals surface area contributed by atoms with Crippen molar-refractivity contribution in [1.29, 1.82) is 0 Å². The Bertz CT molecular complexity index is 1080. The highest BCUT2D eigenvalue weighted by Crippen LogP contribution is 2.33. The SMILES string of the molecule is COc1cc(NC(=O)C(C)Sc2nnc(-c3ccc(OC)c(OC)c3)n2N)cc(OC)c1. The lowest BCUT2D eigenvalue weighted by Gasteiger charge is -2.13. The van der Waals surface area contributed by atoms with Crippen molar-refractivity contribution < 1.29 is 23.7 Å². The third-order valence-corrected chi connectivity index (χ3v) is 5.63. The normalized spacial score (nSPS) is 11.5. The number of ether oxygens (including phenoxy) is 4. The molecule has 0 aliphatic carbocycles. The molecule has 1 heterocycles. The van der Waals surface area contributed by atoms with Gasteiger partial charge in [-0.15, -0.1) is 10.2 Å². The summed E-state index contributed by atoms with van der Waals surface area (Å²) in [5.41, 5.74) is 1.25. The number of carbonyl (C=O) groups is 1. The summed E-state index contributed by atoms with van der Waals surface area (Å²) in [5, 5.41) is 11.0. The van der Waals surface area contributed by atoms with Crippen LogP contribution in [0.25, 0.3) is 11.4 Å².